The first-order valence-electron chi connectivity index (χ1n) is 8.91. The molecule has 0 spiro atoms. The number of halogens is 3. The van der Waals surface area contributed by atoms with Gasteiger partial charge in [-0.3, -0.25) is 9.69 Å². The maximum Gasteiger partial charge on any atom is 0.416 e. The van der Waals surface area contributed by atoms with E-state index in [1.807, 2.05) is 6.92 Å². The van der Waals surface area contributed by atoms with Crippen molar-refractivity contribution in [2.45, 2.75) is 26.1 Å². The van der Waals surface area contributed by atoms with E-state index in [2.05, 4.69) is 15.5 Å². The summed E-state index contributed by atoms with van der Waals surface area (Å²) in [5, 5.41) is 10.4. The molecule has 1 N–H and O–H groups in total. The number of carbonyl (C=O) groups excluding carboxylic acids is 1. The molecule has 29 heavy (non-hydrogen) atoms. The van der Waals surface area contributed by atoms with Crippen LogP contribution in [0.5, 0.6) is 0 Å². The van der Waals surface area contributed by atoms with Gasteiger partial charge in [0.1, 0.15) is 0 Å². The van der Waals surface area contributed by atoms with E-state index >= 15 is 0 Å². The van der Waals surface area contributed by atoms with E-state index in [0.717, 1.165) is 18.6 Å². The van der Waals surface area contributed by atoms with Gasteiger partial charge in [-0.2, -0.15) is 13.2 Å². The number of benzene rings is 1. The zero-order valence-electron chi connectivity index (χ0n) is 15.6. The SMILES string of the molecule is CCCN(CC(=O)Nc1cccc(C(F)(F)F)c1)Cc1nnc(-c2ccco2)o1. The van der Waals surface area contributed by atoms with E-state index < -0.39 is 17.6 Å². The molecule has 154 valence electrons. The first kappa shape index (κ1) is 20.6. The minimum atomic E-state index is -4.47. The lowest BCUT2D eigenvalue weighted by Gasteiger charge is -2.19. The summed E-state index contributed by atoms with van der Waals surface area (Å²) < 4.78 is 49.2. The molecule has 0 saturated carbocycles. The van der Waals surface area contributed by atoms with E-state index in [1.165, 1.54) is 18.4 Å². The van der Waals surface area contributed by atoms with Crippen molar-refractivity contribution in [2.24, 2.45) is 0 Å². The van der Waals surface area contributed by atoms with Gasteiger partial charge in [0.2, 0.25) is 11.8 Å². The molecular weight excluding hydrogens is 389 g/mol. The van der Waals surface area contributed by atoms with E-state index in [4.69, 9.17) is 8.83 Å². The smallest absolute Gasteiger partial charge is 0.416 e. The number of amides is 1. The second-order valence-corrected chi connectivity index (χ2v) is 6.32. The molecular formula is C19H19F3N4O3. The molecule has 3 aromatic rings. The van der Waals surface area contributed by atoms with Gasteiger partial charge in [0.05, 0.1) is 24.9 Å². The standard InChI is InChI=1S/C19H19F3N4O3/c1-2-8-26(12-17-24-25-18(29-17)15-7-4-9-28-15)11-16(27)23-14-6-3-5-13(10-14)19(20,21)22/h3-7,9-10H,2,8,11-12H2,1H3,(H,23,27). The summed E-state index contributed by atoms with van der Waals surface area (Å²) >= 11 is 0. The Kier molecular flexibility index (Phi) is 6.32. The Balaban J connectivity index is 1.62. The zero-order chi connectivity index (χ0) is 20.9. The Labute approximate surface area is 164 Å². The molecule has 3 rings (SSSR count). The molecule has 1 aromatic carbocycles. The van der Waals surface area contributed by atoms with E-state index in [1.54, 1.807) is 17.0 Å². The largest absolute Gasteiger partial charge is 0.459 e. The van der Waals surface area contributed by atoms with E-state index in [-0.39, 0.29) is 24.7 Å². The quantitative estimate of drug-likeness (QED) is 0.601. The lowest BCUT2D eigenvalue weighted by Crippen LogP contribution is -2.33. The summed E-state index contributed by atoms with van der Waals surface area (Å²) in [6.07, 6.45) is -2.23. The normalized spacial score (nSPS) is 11.8. The first-order chi connectivity index (χ1) is 13.8. The van der Waals surface area contributed by atoms with Gasteiger partial charge < -0.3 is 14.2 Å². The zero-order valence-corrected chi connectivity index (χ0v) is 15.6. The van der Waals surface area contributed by atoms with Crippen molar-refractivity contribution in [3.05, 3.63) is 54.1 Å². The third-order valence-electron chi connectivity index (χ3n) is 3.94. The van der Waals surface area contributed by atoms with Crippen molar-refractivity contribution in [3.8, 4) is 11.7 Å². The number of hydrogen-bond acceptors (Lipinski definition) is 6. The molecule has 0 radical (unpaired) electrons. The number of rotatable bonds is 8. The second-order valence-electron chi connectivity index (χ2n) is 6.32. The third-order valence-corrected chi connectivity index (χ3v) is 3.94. The summed E-state index contributed by atoms with van der Waals surface area (Å²) in [7, 11) is 0. The number of aromatic nitrogens is 2. The Morgan fingerprint density at radius 3 is 2.72 bits per heavy atom. The fourth-order valence-electron chi connectivity index (χ4n) is 2.72. The van der Waals surface area contributed by atoms with Gasteiger partial charge in [0, 0.05) is 5.69 Å². The number of nitrogens with zero attached hydrogens (tertiary/aromatic N) is 3. The highest BCUT2D eigenvalue weighted by molar-refractivity contribution is 5.92. The predicted molar refractivity (Wildman–Crippen MR) is 97.6 cm³/mol. The highest BCUT2D eigenvalue weighted by Crippen LogP contribution is 2.30. The van der Waals surface area contributed by atoms with Gasteiger partial charge in [-0.15, -0.1) is 10.2 Å². The molecule has 0 bridgehead atoms. The van der Waals surface area contributed by atoms with Gasteiger partial charge in [-0.05, 0) is 43.3 Å². The fraction of sp³-hybridized carbons (Fsp3) is 0.316. The minimum absolute atomic E-state index is 0.0391. The fourth-order valence-corrected chi connectivity index (χ4v) is 2.72. The summed E-state index contributed by atoms with van der Waals surface area (Å²) in [5.41, 5.74) is -0.740. The van der Waals surface area contributed by atoms with Crippen LogP contribution < -0.4 is 5.32 Å². The van der Waals surface area contributed by atoms with Crippen LogP contribution in [-0.4, -0.2) is 34.1 Å². The van der Waals surface area contributed by atoms with Crippen molar-refractivity contribution in [1.82, 2.24) is 15.1 Å². The first-order valence-corrected chi connectivity index (χ1v) is 8.91. The van der Waals surface area contributed by atoms with Crippen LogP contribution in [0.15, 0.2) is 51.5 Å². The number of nitrogens with one attached hydrogen (secondary N) is 1. The van der Waals surface area contributed by atoms with Gasteiger partial charge >= 0.3 is 6.18 Å². The van der Waals surface area contributed by atoms with Crippen molar-refractivity contribution < 1.29 is 26.8 Å². The summed E-state index contributed by atoms with van der Waals surface area (Å²) in [4.78, 5) is 14.1. The van der Waals surface area contributed by atoms with Crippen LogP contribution >= 0.6 is 0 Å². The molecule has 0 aliphatic rings. The van der Waals surface area contributed by atoms with Crippen LogP contribution in [0, 0.1) is 0 Å². The molecule has 2 aromatic heterocycles. The van der Waals surface area contributed by atoms with Gasteiger partial charge in [0.25, 0.3) is 5.89 Å². The molecule has 0 unspecified atom stereocenters. The van der Waals surface area contributed by atoms with Crippen molar-refractivity contribution in [3.63, 3.8) is 0 Å². The number of furan rings is 1. The molecule has 1 amide bonds. The average Bonchev–Trinajstić information content (AvgIpc) is 3.33. The predicted octanol–water partition coefficient (Wildman–Crippen LogP) is 4.20. The van der Waals surface area contributed by atoms with Gasteiger partial charge in [-0.1, -0.05) is 13.0 Å². The Bertz CT molecular complexity index is 938. The Morgan fingerprint density at radius 2 is 2.03 bits per heavy atom. The molecule has 10 heteroatoms. The highest BCUT2D eigenvalue weighted by atomic mass is 19.4. The highest BCUT2D eigenvalue weighted by Gasteiger charge is 2.30. The Hall–Kier alpha value is -3.14. The second kappa shape index (κ2) is 8.91. The summed E-state index contributed by atoms with van der Waals surface area (Å²) in [5.74, 6) is 0.531. The topological polar surface area (TPSA) is 84.4 Å². The molecule has 0 saturated heterocycles. The van der Waals surface area contributed by atoms with Crippen LogP contribution in [0.3, 0.4) is 0 Å². The van der Waals surface area contributed by atoms with Crippen molar-refractivity contribution >= 4 is 11.6 Å². The molecule has 0 atom stereocenters. The number of alkyl halides is 3. The maximum atomic E-state index is 12.8. The minimum Gasteiger partial charge on any atom is -0.459 e. The van der Waals surface area contributed by atoms with Crippen LogP contribution in [0.1, 0.15) is 24.8 Å². The van der Waals surface area contributed by atoms with Crippen LogP contribution in [0.25, 0.3) is 11.7 Å². The number of carbonyl (C=O) groups is 1. The molecule has 2 heterocycles. The lowest BCUT2D eigenvalue weighted by molar-refractivity contribution is -0.137. The van der Waals surface area contributed by atoms with Crippen LogP contribution in [0.2, 0.25) is 0 Å². The maximum absolute atomic E-state index is 12.8. The molecule has 0 fully saturated rings. The number of anilines is 1. The Morgan fingerprint density at radius 1 is 1.21 bits per heavy atom. The van der Waals surface area contributed by atoms with E-state index in [9.17, 15) is 18.0 Å². The number of hydrogen-bond donors (Lipinski definition) is 1. The van der Waals surface area contributed by atoms with E-state index in [0.29, 0.717) is 18.2 Å². The van der Waals surface area contributed by atoms with Crippen LogP contribution in [-0.2, 0) is 17.5 Å². The van der Waals surface area contributed by atoms with Gasteiger partial charge in [0.15, 0.2) is 5.76 Å². The monoisotopic (exact) mass is 408 g/mol. The van der Waals surface area contributed by atoms with Crippen LogP contribution in [0.4, 0.5) is 18.9 Å². The van der Waals surface area contributed by atoms with Crippen molar-refractivity contribution in [2.75, 3.05) is 18.4 Å². The summed E-state index contributed by atoms with van der Waals surface area (Å²) in [6.45, 7) is 2.69. The van der Waals surface area contributed by atoms with Gasteiger partial charge in [-0.25, -0.2) is 0 Å². The average molecular weight is 408 g/mol. The van der Waals surface area contributed by atoms with Crippen molar-refractivity contribution in [1.29, 1.82) is 0 Å². The molecule has 7 nitrogen and oxygen atoms in total. The summed E-state index contributed by atoms with van der Waals surface area (Å²) in [6, 6.07) is 7.88. The molecule has 0 aliphatic carbocycles. The molecule has 0 aliphatic heterocycles. The third kappa shape index (κ3) is 5.67. The lowest BCUT2D eigenvalue weighted by atomic mass is 10.2.